The molecule has 0 aliphatic heterocycles. The maximum atomic E-state index is 12.1. The third kappa shape index (κ3) is 6.03. The molecule has 0 spiro atoms. The lowest BCUT2D eigenvalue weighted by atomic mass is 10.2. The lowest BCUT2D eigenvalue weighted by molar-refractivity contribution is -0.121. The van der Waals surface area contributed by atoms with E-state index in [0.29, 0.717) is 16.7 Å². The number of carbonyl (C=O) groups is 1. The van der Waals surface area contributed by atoms with Gasteiger partial charge in [-0.25, -0.2) is 4.68 Å². The summed E-state index contributed by atoms with van der Waals surface area (Å²) >= 11 is 6.77. The molecule has 0 fully saturated rings. The Balaban J connectivity index is 1.53. The minimum Gasteiger partial charge on any atom is -0.483 e. The molecule has 0 saturated heterocycles. The molecule has 0 aliphatic carbocycles. The molecule has 0 atom stereocenters. The molecule has 2 N–H and O–H groups in total. The highest BCUT2D eigenvalue weighted by atomic mass is 32.2. The topological polar surface area (TPSA) is 81.1 Å². The molecular weight excluding hydrogens is 406 g/mol. The molecule has 0 aliphatic rings. The zero-order chi connectivity index (χ0) is 20.6. The van der Waals surface area contributed by atoms with Gasteiger partial charge in [0.05, 0.1) is 0 Å². The Hall–Kier alpha value is -2.91. The number of hydrogen-bond acceptors (Lipinski definition) is 6. The fraction of sp³-hybridized carbons (Fsp3) is 0.200. The van der Waals surface area contributed by atoms with Crippen LogP contribution in [0.3, 0.4) is 0 Å². The van der Waals surface area contributed by atoms with Crippen LogP contribution in [0, 0.1) is 13.8 Å². The summed E-state index contributed by atoms with van der Waals surface area (Å²) < 4.78 is 7.19. The Morgan fingerprint density at radius 1 is 1.10 bits per heavy atom. The third-order valence-corrected chi connectivity index (χ3v) is 5.12. The van der Waals surface area contributed by atoms with E-state index in [0.717, 1.165) is 11.3 Å². The summed E-state index contributed by atoms with van der Waals surface area (Å²) in [6, 6.07) is 17.6. The monoisotopic (exact) mass is 427 g/mol. The number of rotatable bonds is 7. The van der Waals surface area contributed by atoms with Gasteiger partial charge in [-0.15, -0.1) is 10.2 Å². The van der Waals surface area contributed by atoms with Crippen LogP contribution < -0.4 is 15.5 Å². The molecule has 0 bridgehead atoms. The first-order valence-electron chi connectivity index (χ1n) is 8.91. The summed E-state index contributed by atoms with van der Waals surface area (Å²) in [7, 11) is 0. The minimum absolute atomic E-state index is 0.135. The van der Waals surface area contributed by atoms with E-state index >= 15 is 0 Å². The number of para-hydroxylation sites is 1. The smallest absolute Gasteiger partial charge is 0.264 e. The van der Waals surface area contributed by atoms with Crippen molar-refractivity contribution in [2.24, 2.45) is 0 Å². The molecule has 7 nitrogen and oxygen atoms in total. The van der Waals surface area contributed by atoms with Crippen LogP contribution in [-0.4, -0.2) is 32.5 Å². The average Bonchev–Trinajstić information content (AvgIpc) is 3.06. The fourth-order valence-electron chi connectivity index (χ4n) is 2.44. The van der Waals surface area contributed by atoms with Crippen molar-refractivity contribution in [1.29, 1.82) is 0 Å². The van der Waals surface area contributed by atoms with Crippen LogP contribution in [0.2, 0.25) is 0 Å². The van der Waals surface area contributed by atoms with Crippen molar-refractivity contribution < 1.29 is 9.53 Å². The highest BCUT2D eigenvalue weighted by Gasteiger charge is 2.13. The Bertz CT molecular complexity index is 992. The van der Waals surface area contributed by atoms with Gasteiger partial charge in [-0.05, 0) is 43.3 Å². The predicted molar refractivity (Wildman–Crippen MR) is 118 cm³/mol. The van der Waals surface area contributed by atoms with Crippen molar-refractivity contribution in [3.8, 4) is 5.75 Å². The number of nitrogens with one attached hydrogen (secondary N) is 2. The second kappa shape index (κ2) is 10.0. The van der Waals surface area contributed by atoms with Crippen molar-refractivity contribution in [3.05, 3.63) is 71.5 Å². The largest absolute Gasteiger partial charge is 0.483 e. The Labute approximate surface area is 178 Å². The van der Waals surface area contributed by atoms with E-state index in [1.54, 1.807) is 11.6 Å². The van der Waals surface area contributed by atoms with Crippen LogP contribution in [0.1, 0.15) is 17.0 Å². The number of hydrogen-bond donors (Lipinski definition) is 2. The minimum atomic E-state index is -0.352. The molecule has 1 heterocycles. The molecule has 0 radical (unpaired) electrons. The van der Waals surface area contributed by atoms with E-state index in [2.05, 4.69) is 20.9 Å². The molecule has 3 rings (SSSR count). The van der Waals surface area contributed by atoms with E-state index in [1.807, 2.05) is 61.5 Å². The quantitative estimate of drug-likeness (QED) is 0.443. The number of thiocarbonyl (C=S) groups is 1. The Morgan fingerprint density at radius 3 is 2.59 bits per heavy atom. The molecule has 9 heteroatoms. The zero-order valence-electron chi connectivity index (χ0n) is 16.1. The summed E-state index contributed by atoms with van der Waals surface area (Å²) in [6.07, 6.45) is 0. The van der Waals surface area contributed by atoms with Gasteiger partial charge in [0.15, 0.2) is 11.7 Å². The number of carbonyl (C=O) groups excluding carboxylic acids is 1. The Morgan fingerprint density at radius 2 is 1.83 bits per heavy atom. The molecule has 150 valence electrons. The van der Waals surface area contributed by atoms with Gasteiger partial charge < -0.3 is 4.74 Å². The standard InChI is InChI=1S/C20H21N5O2S2/c1-14-8-6-7-11-17(14)27-12-18(26)21-19(28)24-25-15(2)22-23-20(25)29-13-16-9-4-3-5-10-16/h3-11H,12-13H2,1-2H3,(H2,21,24,26,28). The SMILES string of the molecule is Cc1ccccc1OCC(=O)NC(=S)Nn1c(C)nnc1SCc1ccccc1. The van der Waals surface area contributed by atoms with E-state index in [9.17, 15) is 4.79 Å². The molecule has 0 saturated carbocycles. The van der Waals surface area contributed by atoms with Crippen molar-refractivity contribution in [2.45, 2.75) is 24.8 Å². The number of aromatic nitrogens is 3. The van der Waals surface area contributed by atoms with Crippen molar-refractivity contribution >= 4 is 35.0 Å². The summed E-state index contributed by atoms with van der Waals surface area (Å²) in [4.78, 5) is 12.1. The predicted octanol–water partition coefficient (Wildman–Crippen LogP) is 3.21. The highest BCUT2D eigenvalue weighted by Crippen LogP contribution is 2.20. The molecule has 1 amide bonds. The number of amides is 1. The van der Waals surface area contributed by atoms with E-state index in [4.69, 9.17) is 17.0 Å². The second-order valence-electron chi connectivity index (χ2n) is 6.18. The summed E-state index contributed by atoms with van der Waals surface area (Å²) in [5.74, 6) is 1.68. The summed E-state index contributed by atoms with van der Waals surface area (Å²) in [5, 5.41) is 11.6. The molecule has 1 aromatic heterocycles. The van der Waals surface area contributed by atoms with Gasteiger partial charge in [0.1, 0.15) is 11.6 Å². The Kier molecular flexibility index (Phi) is 7.20. The number of nitrogens with zero attached hydrogens (tertiary/aromatic N) is 3. The van der Waals surface area contributed by atoms with Gasteiger partial charge in [-0.1, -0.05) is 60.3 Å². The van der Waals surface area contributed by atoms with Crippen LogP contribution in [0.25, 0.3) is 0 Å². The van der Waals surface area contributed by atoms with Gasteiger partial charge in [0.2, 0.25) is 5.16 Å². The number of benzene rings is 2. The zero-order valence-corrected chi connectivity index (χ0v) is 17.7. The number of thioether (sulfide) groups is 1. The summed E-state index contributed by atoms with van der Waals surface area (Å²) in [5.41, 5.74) is 5.08. The lowest BCUT2D eigenvalue weighted by Gasteiger charge is -2.13. The van der Waals surface area contributed by atoms with E-state index < -0.39 is 0 Å². The second-order valence-corrected chi connectivity index (χ2v) is 7.53. The van der Waals surface area contributed by atoms with E-state index in [-0.39, 0.29) is 17.6 Å². The third-order valence-electron chi connectivity index (χ3n) is 3.92. The van der Waals surface area contributed by atoms with Gasteiger partial charge in [0, 0.05) is 5.75 Å². The molecule has 0 unspecified atom stereocenters. The van der Waals surface area contributed by atoms with Gasteiger partial charge in [-0.3, -0.25) is 15.5 Å². The normalized spacial score (nSPS) is 10.4. The fourth-order valence-corrected chi connectivity index (χ4v) is 3.54. The van der Waals surface area contributed by atoms with Gasteiger partial charge in [0.25, 0.3) is 5.91 Å². The van der Waals surface area contributed by atoms with Crippen LogP contribution in [0.5, 0.6) is 5.75 Å². The van der Waals surface area contributed by atoms with Crippen LogP contribution in [0.15, 0.2) is 59.8 Å². The maximum Gasteiger partial charge on any atom is 0.264 e. The van der Waals surface area contributed by atoms with Crippen molar-refractivity contribution in [3.63, 3.8) is 0 Å². The van der Waals surface area contributed by atoms with Crippen LogP contribution in [-0.2, 0) is 10.5 Å². The summed E-state index contributed by atoms with van der Waals surface area (Å²) in [6.45, 7) is 3.59. The molecular formula is C20H21N5O2S2. The lowest BCUT2D eigenvalue weighted by Crippen LogP contribution is -2.40. The van der Waals surface area contributed by atoms with Gasteiger partial charge in [-0.2, -0.15) is 0 Å². The highest BCUT2D eigenvalue weighted by molar-refractivity contribution is 7.98. The number of ether oxygens (including phenoxy) is 1. The van der Waals surface area contributed by atoms with Crippen LogP contribution in [0.4, 0.5) is 0 Å². The first-order chi connectivity index (χ1) is 14.0. The average molecular weight is 428 g/mol. The van der Waals surface area contributed by atoms with Gasteiger partial charge >= 0.3 is 0 Å². The molecule has 2 aromatic carbocycles. The molecule has 29 heavy (non-hydrogen) atoms. The molecule has 3 aromatic rings. The number of aryl methyl sites for hydroxylation is 2. The van der Waals surface area contributed by atoms with E-state index in [1.165, 1.54) is 17.3 Å². The first-order valence-corrected chi connectivity index (χ1v) is 10.3. The first kappa shape index (κ1) is 20.8. The maximum absolute atomic E-state index is 12.1. The van der Waals surface area contributed by atoms with Crippen molar-refractivity contribution in [2.75, 3.05) is 12.0 Å². The van der Waals surface area contributed by atoms with Crippen molar-refractivity contribution in [1.82, 2.24) is 20.2 Å². The van der Waals surface area contributed by atoms with Crippen LogP contribution >= 0.6 is 24.0 Å².